The van der Waals surface area contributed by atoms with Gasteiger partial charge in [0.1, 0.15) is 11.7 Å². The van der Waals surface area contributed by atoms with Crippen molar-refractivity contribution in [1.82, 2.24) is 0 Å². The number of Topliss-reactive ketones (excluding diaryl/α,β-unsaturated/α-hetero) is 1. The standard InChI is InChI=1S/C19H19NO3/c1-23-16-11-9-14(10-12-16)18(21)17-8-5-13-20(19(17)22)15-6-3-2-4-7-15/h2-4,6-7,9-12,17H,5,8,13H2,1H3. The second-order valence-corrected chi connectivity index (χ2v) is 5.61. The largest absolute Gasteiger partial charge is 0.497 e. The zero-order valence-corrected chi connectivity index (χ0v) is 13.1. The maximum absolute atomic E-state index is 12.7. The number of hydrogen-bond donors (Lipinski definition) is 0. The van der Waals surface area contributed by atoms with Crippen LogP contribution in [0.3, 0.4) is 0 Å². The van der Waals surface area contributed by atoms with Crippen LogP contribution in [0.15, 0.2) is 54.6 Å². The molecule has 1 heterocycles. The lowest BCUT2D eigenvalue weighted by atomic mass is 9.89. The fourth-order valence-corrected chi connectivity index (χ4v) is 2.94. The molecular formula is C19H19NO3. The predicted molar refractivity (Wildman–Crippen MR) is 88.8 cm³/mol. The highest BCUT2D eigenvalue weighted by Gasteiger charge is 2.35. The normalized spacial score (nSPS) is 17.9. The molecule has 1 saturated heterocycles. The average Bonchev–Trinajstić information content (AvgIpc) is 2.62. The van der Waals surface area contributed by atoms with E-state index >= 15 is 0 Å². The fraction of sp³-hybridized carbons (Fsp3) is 0.263. The number of carbonyl (C=O) groups excluding carboxylic acids is 2. The molecule has 0 N–H and O–H groups in total. The smallest absolute Gasteiger partial charge is 0.237 e. The van der Waals surface area contributed by atoms with Crippen LogP contribution >= 0.6 is 0 Å². The first-order chi connectivity index (χ1) is 11.2. The summed E-state index contributed by atoms with van der Waals surface area (Å²) >= 11 is 0. The van der Waals surface area contributed by atoms with Crippen molar-refractivity contribution in [1.29, 1.82) is 0 Å². The number of benzene rings is 2. The van der Waals surface area contributed by atoms with Gasteiger partial charge in [-0.05, 0) is 49.2 Å². The molecule has 2 aromatic carbocycles. The Morgan fingerprint density at radius 2 is 1.78 bits per heavy atom. The Labute approximate surface area is 135 Å². The molecule has 1 unspecified atom stereocenters. The molecule has 1 amide bonds. The third kappa shape index (κ3) is 3.11. The Morgan fingerprint density at radius 1 is 1.09 bits per heavy atom. The zero-order chi connectivity index (χ0) is 16.2. The first-order valence-corrected chi connectivity index (χ1v) is 7.75. The molecule has 1 fully saturated rings. The summed E-state index contributed by atoms with van der Waals surface area (Å²) in [5.74, 6) is -0.124. The number of anilines is 1. The Balaban J connectivity index is 1.81. The topological polar surface area (TPSA) is 46.6 Å². The second kappa shape index (κ2) is 6.65. The summed E-state index contributed by atoms with van der Waals surface area (Å²) in [6.07, 6.45) is 1.43. The summed E-state index contributed by atoms with van der Waals surface area (Å²) in [6.45, 7) is 0.662. The predicted octanol–water partition coefficient (Wildman–Crippen LogP) is 3.32. The van der Waals surface area contributed by atoms with Gasteiger partial charge in [-0.1, -0.05) is 18.2 Å². The van der Waals surface area contributed by atoms with Gasteiger partial charge < -0.3 is 9.64 Å². The van der Waals surface area contributed by atoms with E-state index in [1.807, 2.05) is 30.3 Å². The Kier molecular flexibility index (Phi) is 4.42. The monoisotopic (exact) mass is 309 g/mol. The third-order valence-electron chi connectivity index (χ3n) is 4.20. The lowest BCUT2D eigenvalue weighted by Gasteiger charge is -2.31. The van der Waals surface area contributed by atoms with Crippen LogP contribution in [-0.4, -0.2) is 25.3 Å². The van der Waals surface area contributed by atoms with Gasteiger partial charge in [0.2, 0.25) is 5.91 Å². The van der Waals surface area contributed by atoms with Crippen LogP contribution in [-0.2, 0) is 4.79 Å². The number of carbonyl (C=O) groups is 2. The molecule has 0 radical (unpaired) electrons. The van der Waals surface area contributed by atoms with Gasteiger partial charge in [-0.3, -0.25) is 9.59 Å². The third-order valence-corrected chi connectivity index (χ3v) is 4.20. The van der Waals surface area contributed by atoms with Crippen LogP contribution < -0.4 is 9.64 Å². The molecule has 0 aromatic heterocycles. The minimum absolute atomic E-state index is 0.108. The number of hydrogen-bond acceptors (Lipinski definition) is 3. The van der Waals surface area contributed by atoms with Crippen molar-refractivity contribution in [3.8, 4) is 5.75 Å². The summed E-state index contributed by atoms with van der Waals surface area (Å²) in [5, 5.41) is 0. The van der Waals surface area contributed by atoms with Crippen LogP contribution in [0.2, 0.25) is 0 Å². The van der Waals surface area contributed by atoms with Crippen molar-refractivity contribution in [2.24, 2.45) is 5.92 Å². The van der Waals surface area contributed by atoms with Crippen LogP contribution in [0.25, 0.3) is 0 Å². The van der Waals surface area contributed by atoms with E-state index in [2.05, 4.69) is 0 Å². The van der Waals surface area contributed by atoms with Gasteiger partial charge in [0.25, 0.3) is 0 Å². The molecule has 1 atom stereocenters. The SMILES string of the molecule is COc1ccc(C(=O)C2CCCN(c3ccccc3)C2=O)cc1. The Morgan fingerprint density at radius 3 is 2.43 bits per heavy atom. The van der Waals surface area contributed by atoms with E-state index < -0.39 is 5.92 Å². The summed E-state index contributed by atoms with van der Waals surface area (Å²) in [7, 11) is 1.58. The van der Waals surface area contributed by atoms with Crippen LogP contribution in [0.1, 0.15) is 23.2 Å². The molecule has 4 nitrogen and oxygen atoms in total. The minimum Gasteiger partial charge on any atom is -0.497 e. The lowest BCUT2D eigenvalue weighted by molar-refractivity contribution is -0.122. The summed E-state index contributed by atoms with van der Waals surface area (Å²) in [4.78, 5) is 27.2. The van der Waals surface area contributed by atoms with E-state index in [1.165, 1.54) is 0 Å². The average molecular weight is 309 g/mol. The van der Waals surface area contributed by atoms with E-state index in [1.54, 1.807) is 36.3 Å². The highest BCUT2D eigenvalue weighted by atomic mass is 16.5. The lowest BCUT2D eigenvalue weighted by Crippen LogP contribution is -2.44. The maximum atomic E-state index is 12.7. The van der Waals surface area contributed by atoms with Crippen molar-refractivity contribution in [3.05, 3.63) is 60.2 Å². The summed E-state index contributed by atoms with van der Waals surface area (Å²) < 4.78 is 5.10. The van der Waals surface area contributed by atoms with E-state index in [9.17, 15) is 9.59 Å². The summed E-state index contributed by atoms with van der Waals surface area (Å²) in [5.41, 5.74) is 1.41. The molecule has 0 saturated carbocycles. The second-order valence-electron chi connectivity index (χ2n) is 5.61. The molecule has 0 aliphatic carbocycles. The number of para-hydroxylation sites is 1. The molecular weight excluding hydrogens is 290 g/mol. The number of piperidine rings is 1. The van der Waals surface area contributed by atoms with Gasteiger partial charge in [-0.2, -0.15) is 0 Å². The highest BCUT2D eigenvalue weighted by molar-refractivity contribution is 6.14. The highest BCUT2D eigenvalue weighted by Crippen LogP contribution is 2.27. The first kappa shape index (κ1) is 15.3. The van der Waals surface area contributed by atoms with E-state index in [4.69, 9.17) is 4.74 Å². The first-order valence-electron chi connectivity index (χ1n) is 7.75. The van der Waals surface area contributed by atoms with Crippen molar-refractivity contribution in [2.75, 3.05) is 18.6 Å². The molecule has 0 bridgehead atoms. The molecule has 23 heavy (non-hydrogen) atoms. The number of ketones is 1. The molecule has 3 rings (SSSR count). The molecule has 118 valence electrons. The zero-order valence-electron chi connectivity index (χ0n) is 13.1. The van der Waals surface area contributed by atoms with Gasteiger partial charge in [0.05, 0.1) is 7.11 Å². The summed E-state index contributed by atoms with van der Waals surface area (Å²) in [6, 6.07) is 16.4. The molecule has 4 heteroatoms. The number of rotatable bonds is 4. The van der Waals surface area contributed by atoms with Crippen molar-refractivity contribution >= 4 is 17.4 Å². The molecule has 1 aliphatic heterocycles. The van der Waals surface area contributed by atoms with Gasteiger partial charge in [0.15, 0.2) is 5.78 Å². The Bertz CT molecular complexity index is 694. The minimum atomic E-state index is -0.600. The number of ether oxygens (including phenoxy) is 1. The van der Waals surface area contributed by atoms with E-state index in [-0.39, 0.29) is 11.7 Å². The maximum Gasteiger partial charge on any atom is 0.237 e. The molecule has 2 aromatic rings. The van der Waals surface area contributed by atoms with Crippen molar-refractivity contribution < 1.29 is 14.3 Å². The molecule has 1 aliphatic rings. The van der Waals surface area contributed by atoms with Crippen LogP contribution in [0, 0.1) is 5.92 Å². The van der Waals surface area contributed by atoms with Gasteiger partial charge >= 0.3 is 0 Å². The molecule has 0 spiro atoms. The van der Waals surface area contributed by atoms with Crippen LogP contribution in [0.5, 0.6) is 5.75 Å². The van der Waals surface area contributed by atoms with Crippen molar-refractivity contribution in [2.45, 2.75) is 12.8 Å². The van der Waals surface area contributed by atoms with Gasteiger partial charge in [-0.25, -0.2) is 0 Å². The number of amides is 1. The fourth-order valence-electron chi connectivity index (χ4n) is 2.94. The van der Waals surface area contributed by atoms with Gasteiger partial charge in [-0.15, -0.1) is 0 Å². The van der Waals surface area contributed by atoms with Crippen molar-refractivity contribution in [3.63, 3.8) is 0 Å². The van der Waals surface area contributed by atoms with E-state index in [0.717, 1.165) is 12.1 Å². The number of methoxy groups -OCH3 is 1. The Hall–Kier alpha value is -2.62. The van der Waals surface area contributed by atoms with Crippen LogP contribution in [0.4, 0.5) is 5.69 Å². The van der Waals surface area contributed by atoms with Gasteiger partial charge in [0, 0.05) is 17.8 Å². The number of nitrogens with zero attached hydrogens (tertiary/aromatic N) is 1. The van der Waals surface area contributed by atoms with E-state index in [0.29, 0.717) is 24.3 Å². The quantitative estimate of drug-likeness (QED) is 0.643.